The van der Waals surface area contributed by atoms with Gasteiger partial charge in [0.1, 0.15) is 0 Å². The van der Waals surface area contributed by atoms with Gasteiger partial charge in [0.25, 0.3) is 0 Å². The van der Waals surface area contributed by atoms with Crippen molar-refractivity contribution in [1.82, 2.24) is 9.97 Å². The van der Waals surface area contributed by atoms with Crippen molar-refractivity contribution in [1.29, 1.82) is 5.41 Å². The Bertz CT molecular complexity index is 560. The van der Waals surface area contributed by atoms with Crippen LogP contribution >= 0.6 is 0 Å². The summed E-state index contributed by atoms with van der Waals surface area (Å²) in [6.07, 6.45) is 3.01. The number of nitrogens with zero attached hydrogens (tertiary/aromatic N) is 2. The molecule has 0 bridgehead atoms. The molecule has 0 atom stereocenters. The van der Waals surface area contributed by atoms with E-state index in [4.69, 9.17) is 5.41 Å². The standard InChI is InChI=1S/C12H12N4/c1-8(6-13)9-3-4-10-7-15-12(14-2)16-11(10)5-9/h3-7,13H,1H2,2H3,(H,14,15,16). The van der Waals surface area contributed by atoms with Crippen LogP contribution in [0.5, 0.6) is 0 Å². The highest BCUT2D eigenvalue weighted by Gasteiger charge is 2.01. The molecule has 0 amide bonds. The van der Waals surface area contributed by atoms with Crippen LogP contribution in [0.25, 0.3) is 16.5 Å². The Balaban J connectivity index is 2.59. The second kappa shape index (κ2) is 4.10. The summed E-state index contributed by atoms with van der Waals surface area (Å²) < 4.78 is 0. The highest BCUT2D eigenvalue weighted by atomic mass is 15.1. The summed E-state index contributed by atoms with van der Waals surface area (Å²) in [6, 6.07) is 5.75. The van der Waals surface area contributed by atoms with Gasteiger partial charge < -0.3 is 10.7 Å². The zero-order valence-electron chi connectivity index (χ0n) is 8.99. The van der Waals surface area contributed by atoms with Gasteiger partial charge in [0.2, 0.25) is 5.95 Å². The molecule has 2 N–H and O–H groups in total. The summed E-state index contributed by atoms with van der Waals surface area (Å²) in [4.78, 5) is 8.46. The molecule has 0 aliphatic carbocycles. The maximum atomic E-state index is 7.16. The number of rotatable bonds is 3. The molecule has 80 valence electrons. The van der Waals surface area contributed by atoms with Crippen molar-refractivity contribution in [2.45, 2.75) is 0 Å². The summed E-state index contributed by atoms with van der Waals surface area (Å²) >= 11 is 0. The summed E-state index contributed by atoms with van der Waals surface area (Å²) in [5, 5.41) is 11.0. The number of aromatic nitrogens is 2. The number of benzene rings is 1. The molecule has 0 radical (unpaired) electrons. The first kappa shape index (κ1) is 10.3. The Kier molecular flexibility index (Phi) is 2.64. The van der Waals surface area contributed by atoms with E-state index in [1.807, 2.05) is 18.2 Å². The van der Waals surface area contributed by atoms with Gasteiger partial charge in [-0.1, -0.05) is 18.7 Å². The fourth-order valence-corrected chi connectivity index (χ4v) is 1.43. The SMILES string of the molecule is C=C(C=N)c1ccc2cnc(NC)nc2c1. The lowest BCUT2D eigenvalue weighted by molar-refractivity contribution is 1.19. The molecule has 2 aromatic rings. The molecular weight excluding hydrogens is 200 g/mol. The zero-order valence-corrected chi connectivity index (χ0v) is 8.99. The van der Waals surface area contributed by atoms with Crippen LogP contribution in [0.15, 0.2) is 31.0 Å². The molecule has 16 heavy (non-hydrogen) atoms. The predicted octanol–water partition coefficient (Wildman–Crippen LogP) is 2.33. The van der Waals surface area contributed by atoms with E-state index >= 15 is 0 Å². The van der Waals surface area contributed by atoms with Crippen LogP contribution in [0, 0.1) is 5.41 Å². The van der Waals surface area contributed by atoms with Gasteiger partial charge in [0, 0.05) is 24.8 Å². The van der Waals surface area contributed by atoms with Crippen LogP contribution < -0.4 is 5.32 Å². The number of hydrogen-bond acceptors (Lipinski definition) is 4. The molecule has 0 saturated heterocycles. The number of hydrogen-bond donors (Lipinski definition) is 2. The molecule has 0 fully saturated rings. The minimum atomic E-state index is 0.588. The van der Waals surface area contributed by atoms with Crippen LogP contribution in [0.2, 0.25) is 0 Å². The van der Waals surface area contributed by atoms with Crippen molar-refractivity contribution in [3.05, 3.63) is 36.5 Å². The van der Waals surface area contributed by atoms with E-state index in [9.17, 15) is 0 Å². The third-order valence-electron chi connectivity index (χ3n) is 2.35. The van der Waals surface area contributed by atoms with E-state index in [1.165, 1.54) is 6.21 Å². The van der Waals surface area contributed by atoms with Gasteiger partial charge in [-0.05, 0) is 17.2 Å². The summed E-state index contributed by atoms with van der Waals surface area (Å²) in [7, 11) is 1.78. The summed E-state index contributed by atoms with van der Waals surface area (Å²) in [5.41, 5.74) is 2.43. The van der Waals surface area contributed by atoms with Gasteiger partial charge in [-0.25, -0.2) is 9.97 Å². The first-order valence-corrected chi connectivity index (χ1v) is 4.89. The minimum Gasteiger partial charge on any atom is -0.357 e. The third kappa shape index (κ3) is 1.77. The molecule has 2 rings (SSSR count). The number of allylic oxidation sites excluding steroid dienone is 1. The number of anilines is 1. The highest BCUT2D eigenvalue weighted by Crippen LogP contribution is 2.18. The second-order valence-corrected chi connectivity index (χ2v) is 3.39. The molecule has 0 unspecified atom stereocenters. The molecular formula is C12H12N4. The smallest absolute Gasteiger partial charge is 0.222 e. The third-order valence-corrected chi connectivity index (χ3v) is 2.35. The molecule has 0 aliphatic heterocycles. The quantitative estimate of drug-likeness (QED) is 0.767. The first-order chi connectivity index (χ1) is 7.74. The van der Waals surface area contributed by atoms with Crippen molar-refractivity contribution in [3.8, 4) is 0 Å². The van der Waals surface area contributed by atoms with Gasteiger partial charge in [-0.15, -0.1) is 0 Å². The van der Waals surface area contributed by atoms with Crippen LogP contribution in [0.1, 0.15) is 5.56 Å². The second-order valence-electron chi connectivity index (χ2n) is 3.39. The van der Waals surface area contributed by atoms with Gasteiger partial charge in [0.05, 0.1) is 5.52 Å². The highest BCUT2D eigenvalue weighted by molar-refractivity contribution is 6.08. The van der Waals surface area contributed by atoms with Crippen LogP contribution in [-0.2, 0) is 0 Å². The Labute approximate surface area is 93.6 Å². The Morgan fingerprint density at radius 1 is 1.50 bits per heavy atom. The maximum Gasteiger partial charge on any atom is 0.222 e. The molecule has 0 saturated carbocycles. The van der Waals surface area contributed by atoms with Crippen molar-refractivity contribution in [2.75, 3.05) is 12.4 Å². The largest absolute Gasteiger partial charge is 0.357 e. The molecule has 4 heteroatoms. The van der Waals surface area contributed by atoms with E-state index < -0.39 is 0 Å². The normalized spacial score (nSPS) is 10.1. The predicted molar refractivity (Wildman–Crippen MR) is 66.9 cm³/mol. The lowest BCUT2D eigenvalue weighted by atomic mass is 10.1. The van der Waals surface area contributed by atoms with E-state index in [0.29, 0.717) is 11.5 Å². The molecule has 4 nitrogen and oxygen atoms in total. The Morgan fingerprint density at radius 2 is 2.31 bits per heavy atom. The average molecular weight is 212 g/mol. The lowest BCUT2D eigenvalue weighted by Crippen LogP contribution is -1.96. The Morgan fingerprint density at radius 3 is 3.00 bits per heavy atom. The Hall–Kier alpha value is -2.23. The van der Waals surface area contributed by atoms with E-state index in [-0.39, 0.29) is 0 Å². The molecule has 1 aromatic carbocycles. The van der Waals surface area contributed by atoms with Crippen LogP contribution in [-0.4, -0.2) is 23.2 Å². The number of nitrogens with one attached hydrogen (secondary N) is 2. The minimum absolute atomic E-state index is 0.588. The molecule has 0 aliphatic rings. The van der Waals surface area contributed by atoms with Gasteiger partial charge >= 0.3 is 0 Å². The molecule has 1 aromatic heterocycles. The fraction of sp³-hybridized carbons (Fsp3) is 0.0833. The maximum absolute atomic E-state index is 7.16. The van der Waals surface area contributed by atoms with Gasteiger partial charge in [0.15, 0.2) is 0 Å². The first-order valence-electron chi connectivity index (χ1n) is 4.89. The summed E-state index contributed by atoms with van der Waals surface area (Å²) in [5.74, 6) is 0.588. The average Bonchev–Trinajstić information content (AvgIpc) is 2.36. The fourth-order valence-electron chi connectivity index (χ4n) is 1.43. The van der Waals surface area contributed by atoms with E-state index in [1.54, 1.807) is 13.2 Å². The van der Waals surface area contributed by atoms with E-state index in [2.05, 4.69) is 21.9 Å². The van der Waals surface area contributed by atoms with E-state index in [0.717, 1.165) is 16.5 Å². The van der Waals surface area contributed by atoms with Crippen molar-refractivity contribution < 1.29 is 0 Å². The topological polar surface area (TPSA) is 61.7 Å². The lowest BCUT2D eigenvalue weighted by Gasteiger charge is -2.03. The van der Waals surface area contributed by atoms with Crippen LogP contribution in [0.3, 0.4) is 0 Å². The molecule has 1 heterocycles. The van der Waals surface area contributed by atoms with Gasteiger partial charge in [-0.2, -0.15) is 0 Å². The van der Waals surface area contributed by atoms with Crippen molar-refractivity contribution >= 4 is 28.6 Å². The zero-order chi connectivity index (χ0) is 11.5. The van der Waals surface area contributed by atoms with Crippen molar-refractivity contribution in [3.63, 3.8) is 0 Å². The van der Waals surface area contributed by atoms with Gasteiger partial charge in [-0.3, -0.25) is 0 Å². The molecule has 0 spiro atoms. The van der Waals surface area contributed by atoms with Crippen molar-refractivity contribution in [2.24, 2.45) is 0 Å². The summed E-state index contributed by atoms with van der Waals surface area (Å²) in [6.45, 7) is 3.79. The van der Waals surface area contributed by atoms with Crippen LogP contribution in [0.4, 0.5) is 5.95 Å². The number of fused-ring (bicyclic) bond motifs is 1. The monoisotopic (exact) mass is 212 g/mol.